The summed E-state index contributed by atoms with van der Waals surface area (Å²) in [5.74, 6) is 0. The first-order valence-corrected chi connectivity index (χ1v) is 40.3. The summed E-state index contributed by atoms with van der Waals surface area (Å²) in [5, 5.41) is 13.7. The molecule has 6 aromatic heterocycles. The first-order valence-electron chi connectivity index (χ1n) is 40.3. The number of nitrogens with zero attached hydrogens (tertiary/aromatic N) is 3. The molecule has 4 aromatic carbocycles. The van der Waals surface area contributed by atoms with Crippen LogP contribution >= 0.6 is 0 Å². The SMILES string of the molecule is CCCCCCc1cc2c(c(CCCCCC)c1CCCCCC)c1cccn1c1c3c4cc(CCCCCC)c(CCCCCC)c(CCCCCC)c4c4cccn4c3c3c4cc(CCCCCC)c(CCCCCC)c(CCCCCC)c4c4cccn4c3c21. The summed E-state index contributed by atoms with van der Waals surface area (Å²) in [6, 6.07) is 23.6. The smallest absolute Gasteiger partial charge is 0.0655 e. The molecule has 93 heavy (non-hydrogen) atoms. The molecule has 0 fully saturated rings. The number of fused-ring (bicyclic) bond motifs is 21. The maximum atomic E-state index is 2.87. The fourth-order valence-electron chi connectivity index (χ4n) is 17.6. The molecule has 0 bridgehead atoms. The van der Waals surface area contributed by atoms with E-state index in [0.717, 1.165) is 19.3 Å². The molecule has 3 nitrogen and oxygen atoms in total. The van der Waals surface area contributed by atoms with E-state index in [0.29, 0.717) is 0 Å². The van der Waals surface area contributed by atoms with Crippen molar-refractivity contribution in [2.75, 3.05) is 0 Å². The number of aromatic nitrogens is 3. The molecule has 0 amide bonds. The van der Waals surface area contributed by atoms with Gasteiger partial charge in [-0.1, -0.05) is 254 Å². The van der Waals surface area contributed by atoms with Gasteiger partial charge in [-0.15, -0.1) is 0 Å². The monoisotopic (exact) mass is 1250 g/mol. The third-order valence-electron chi connectivity index (χ3n) is 22.5. The predicted octanol–water partition coefficient (Wildman–Crippen LogP) is 28.5. The molecule has 0 saturated carbocycles. The van der Waals surface area contributed by atoms with Gasteiger partial charge < -0.3 is 13.2 Å². The zero-order valence-electron chi connectivity index (χ0n) is 61.1. The van der Waals surface area contributed by atoms with Crippen LogP contribution in [-0.4, -0.2) is 13.2 Å². The standard InChI is InChI=1S/C90H129N3/c1-10-19-28-37-49-67-64-76-82(73(55-43-34-25-16-7)70(67)52-40-31-22-13-4)79-58-46-61-91(79)88-85(76)89-87(77-65-68(50-38-29-20-11-2)71(53-41-32-23-14-5)74(56-44-35-26-17-8)83(77)80-59-47-62-92(80)89)90-86(88)78-66-69(51-39-30-21-12-3)72(54-42-33-24-15-6)75(57-45-36-27-18-9)84(78)81-60-48-63-93(81)90/h46-48,58-66H,10-45,49-57H2,1-9H3. The number of aryl methyl sites for hydroxylation is 6. The van der Waals surface area contributed by atoms with E-state index in [2.05, 4.69) is 149 Å². The van der Waals surface area contributed by atoms with Crippen molar-refractivity contribution < 1.29 is 0 Å². The normalized spacial score (nSPS) is 12.4. The molecule has 6 heterocycles. The Bertz CT molecular complexity index is 3540. The number of rotatable bonds is 45. The zero-order valence-corrected chi connectivity index (χ0v) is 61.1. The van der Waals surface area contributed by atoms with Crippen LogP contribution in [0.1, 0.15) is 344 Å². The molecule has 0 atom stereocenters. The minimum Gasteiger partial charge on any atom is -0.315 e. The van der Waals surface area contributed by atoms with Crippen LogP contribution in [0.2, 0.25) is 0 Å². The maximum Gasteiger partial charge on any atom is 0.0655 e. The lowest BCUT2D eigenvalue weighted by molar-refractivity contribution is 0.641. The van der Waals surface area contributed by atoms with Gasteiger partial charge in [0.2, 0.25) is 0 Å². The number of hydrogen-bond acceptors (Lipinski definition) is 0. The van der Waals surface area contributed by atoms with Crippen molar-refractivity contribution in [1.29, 1.82) is 0 Å². The molecule has 10 aromatic rings. The van der Waals surface area contributed by atoms with Gasteiger partial charge in [0.05, 0.1) is 33.1 Å². The van der Waals surface area contributed by atoms with E-state index in [1.165, 1.54) is 335 Å². The molecule has 0 aliphatic rings. The lowest BCUT2D eigenvalue weighted by Gasteiger charge is -2.27. The van der Waals surface area contributed by atoms with Gasteiger partial charge in [-0.25, -0.2) is 0 Å². The van der Waals surface area contributed by atoms with Crippen LogP contribution in [0.25, 0.3) is 81.6 Å². The zero-order chi connectivity index (χ0) is 64.9. The van der Waals surface area contributed by atoms with Crippen molar-refractivity contribution in [3.8, 4) is 0 Å². The third kappa shape index (κ3) is 15.8. The van der Waals surface area contributed by atoms with Gasteiger partial charge in [0.15, 0.2) is 0 Å². The van der Waals surface area contributed by atoms with E-state index in [1.807, 2.05) is 0 Å². The van der Waals surface area contributed by atoms with Crippen molar-refractivity contribution in [3.63, 3.8) is 0 Å². The van der Waals surface area contributed by atoms with Crippen molar-refractivity contribution in [2.45, 2.75) is 351 Å². The number of unbranched alkanes of at least 4 members (excludes halogenated alkanes) is 27. The topological polar surface area (TPSA) is 13.2 Å². The molecule has 0 aliphatic carbocycles. The van der Waals surface area contributed by atoms with E-state index < -0.39 is 0 Å². The first kappa shape index (κ1) is 70.5. The fraction of sp³-hybridized carbons (Fsp3) is 0.600. The Kier molecular flexibility index (Phi) is 27.4. The van der Waals surface area contributed by atoms with Gasteiger partial charge in [-0.3, -0.25) is 0 Å². The lowest BCUT2D eigenvalue weighted by atomic mass is 9.82. The summed E-state index contributed by atoms with van der Waals surface area (Å²) >= 11 is 0. The first-order chi connectivity index (χ1) is 45.9. The molecule has 0 radical (unpaired) electrons. The van der Waals surface area contributed by atoms with Crippen LogP contribution in [0.5, 0.6) is 0 Å². The highest BCUT2D eigenvalue weighted by Crippen LogP contribution is 2.51. The Hall–Kier alpha value is -5.28. The van der Waals surface area contributed by atoms with E-state index in [1.54, 1.807) is 66.2 Å². The Morgan fingerprint density at radius 3 is 0.634 bits per heavy atom. The molecule has 0 aliphatic heterocycles. The van der Waals surface area contributed by atoms with Gasteiger partial charge >= 0.3 is 0 Å². The van der Waals surface area contributed by atoms with Gasteiger partial charge in [-0.2, -0.15) is 0 Å². The van der Waals surface area contributed by atoms with Crippen molar-refractivity contribution in [3.05, 3.63) is 123 Å². The van der Waals surface area contributed by atoms with Crippen LogP contribution in [0.4, 0.5) is 0 Å². The van der Waals surface area contributed by atoms with E-state index in [-0.39, 0.29) is 0 Å². The molecule has 10 rings (SSSR count). The fourth-order valence-corrected chi connectivity index (χ4v) is 17.6. The molecule has 3 heteroatoms. The van der Waals surface area contributed by atoms with Gasteiger partial charge in [0.1, 0.15) is 0 Å². The van der Waals surface area contributed by atoms with Gasteiger partial charge in [-0.05, 0) is 218 Å². The molecule has 0 spiro atoms. The predicted molar refractivity (Wildman–Crippen MR) is 415 cm³/mol. The Morgan fingerprint density at radius 2 is 0.419 bits per heavy atom. The average molecular weight is 1250 g/mol. The number of pyridine rings is 3. The Morgan fingerprint density at radius 1 is 0.215 bits per heavy atom. The van der Waals surface area contributed by atoms with Crippen LogP contribution in [-0.2, 0) is 57.8 Å². The second-order valence-electron chi connectivity index (χ2n) is 29.5. The highest BCUT2D eigenvalue weighted by Gasteiger charge is 2.30. The largest absolute Gasteiger partial charge is 0.315 e. The molecule has 0 N–H and O–H groups in total. The lowest BCUT2D eigenvalue weighted by Crippen LogP contribution is -2.09. The summed E-state index contributed by atoms with van der Waals surface area (Å²) < 4.78 is 8.38. The van der Waals surface area contributed by atoms with E-state index in [9.17, 15) is 0 Å². The highest BCUT2D eigenvalue weighted by atomic mass is 14.9. The summed E-state index contributed by atoms with van der Waals surface area (Å²) in [6.07, 6.45) is 64.5. The van der Waals surface area contributed by atoms with Crippen molar-refractivity contribution in [2.24, 2.45) is 0 Å². The summed E-state index contributed by atoms with van der Waals surface area (Å²) in [4.78, 5) is 0. The summed E-state index contributed by atoms with van der Waals surface area (Å²) in [6.45, 7) is 21.5. The maximum absolute atomic E-state index is 2.87. The quantitative estimate of drug-likeness (QED) is 0.0267. The van der Waals surface area contributed by atoms with Crippen LogP contribution in [0, 0.1) is 0 Å². The minimum atomic E-state index is 1.16. The Balaban J connectivity index is 1.50. The van der Waals surface area contributed by atoms with Crippen LogP contribution in [0.15, 0.2) is 73.2 Å². The molecule has 0 saturated heterocycles. The van der Waals surface area contributed by atoms with Crippen LogP contribution < -0.4 is 0 Å². The van der Waals surface area contributed by atoms with E-state index >= 15 is 0 Å². The van der Waals surface area contributed by atoms with Crippen molar-refractivity contribution >= 4 is 81.6 Å². The highest BCUT2D eigenvalue weighted by molar-refractivity contribution is 6.40. The number of benzene rings is 4. The second-order valence-corrected chi connectivity index (χ2v) is 29.5. The Labute approximate surface area is 566 Å². The van der Waals surface area contributed by atoms with Gasteiger partial charge in [0.25, 0.3) is 0 Å². The van der Waals surface area contributed by atoms with Gasteiger partial charge in [0, 0.05) is 50.9 Å². The van der Waals surface area contributed by atoms with E-state index in [4.69, 9.17) is 0 Å². The third-order valence-corrected chi connectivity index (χ3v) is 22.5. The summed E-state index contributed by atoms with van der Waals surface area (Å²) in [7, 11) is 0. The molecular weight excluding hydrogens is 1120 g/mol. The second kappa shape index (κ2) is 36.2. The molecule has 0 unspecified atom stereocenters. The number of hydrogen-bond donors (Lipinski definition) is 0. The average Bonchev–Trinajstić information content (AvgIpc) is 1.67. The van der Waals surface area contributed by atoms with Crippen LogP contribution in [0.3, 0.4) is 0 Å². The summed E-state index contributed by atoms with van der Waals surface area (Å²) in [5.41, 5.74) is 23.8. The minimum absolute atomic E-state index is 1.16. The molecular formula is C90H129N3. The van der Waals surface area contributed by atoms with Crippen molar-refractivity contribution in [1.82, 2.24) is 13.2 Å². The molecule has 504 valence electrons.